The average molecular weight is 243 g/mol. The molecule has 0 bridgehead atoms. The van der Waals surface area contributed by atoms with E-state index < -0.39 is 0 Å². The van der Waals surface area contributed by atoms with Gasteiger partial charge in [0.2, 0.25) is 0 Å². The summed E-state index contributed by atoms with van der Waals surface area (Å²) in [6.07, 6.45) is 4.05. The van der Waals surface area contributed by atoms with Crippen LogP contribution in [0.15, 0.2) is 42.6 Å². The fourth-order valence-corrected chi connectivity index (χ4v) is 2.30. The standard InChI is InChI=1S/C15H21N3/c1-3-18-15(11-12-17-18)14(16-2)10-9-13-7-5-4-6-8-13/h4-8,11-12,14,16H,3,9-10H2,1-2H3. The Morgan fingerprint density at radius 1 is 1.22 bits per heavy atom. The van der Waals surface area contributed by atoms with Crippen molar-refractivity contribution in [2.75, 3.05) is 7.05 Å². The summed E-state index contributed by atoms with van der Waals surface area (Å²) in [6.45, 7) is 3.05. The lowest BCUT2D eigenvalue weighted by molar-refractivity contribution is 0.489. The number of rotatable bonds is 6. The zero-order chi connectivity index (χ0) is 12.8. The summed E-state index contributed by atoms with van der Waals surface area (Å²) < 4.78 is 2.06. The highest BCUT2D eigenvalue weighted by molar-refractivity contribution is 5.16. The molecule has 0 saturated heterocycles. The van der Waals surface area contributed by atoms with Gasteiger partial charge >= 0.3 is 0 Å². The van der Waals surface area contributed by atoms with Gasteiger partial charge in [0.1, 0.15) is 0 Å². The molecule has 1 N–H and O–H groups in total. The van der Waals surface area contributed by atoms with Gasteiger partial charge in [0, 0.05) is 18.8 Å². The summed E-state index contributed by atoms with van der Waals surface area (Å²) in [5, 5.41) is 7.72. The van der Waals surface area contributed by atoms with Crippen LogP contribution in [-0.4, -0.2) is 16.8 Å². The zero-order valence-electron chi connectivity index (χ0n) is 11.1. The maximum Gasteiger partial charge on any atom is 0.0553 e. The minimum absolute atomic E-state index is 0.368. The number of aromatic nitrogens is 2. The predicted octanol–water partition coefficient (Wildman–Crippen LogP) is 2.80. The summed E-state index contributed by atoms with van der Waals surface area (Å²) in [4.78, 5) is 0. The second-order valence-electron chi connectivity index (χ2n) is 4.44. The predicted molar refractivity (Wildman–Crippen MR) is 74.5 cm³/mol. The molecule has 0 aliphatic heterocycles. The van der Waals surface area contributed by atoms with Gasteiger partial charge in [0.15, 0.2) is 0 Å². The Hall–Kier alpha value is -1.61. The Bertz CT molecular complexity index is 462. The van der Waals surface area contributed by atoms with Crippen molar-refractivity contribution in [3.63, 3.8) is 0 Å². The molecule has 96 valence electrons. The van der Waals surface area contributed by atoms with Crippen LogP contribution in [0.5, 0.6) is 0 Å². The van der Waals surface area contributed by atoms with E-state index in [0.717, 1.165) is 19.4 Å². The maximum absolute atomic E-state index is 4.34. The third-order valence-corrected chi connectivity index (χ3v) is 3.32. The van der Waals surface area contributed by atoms with Gasteiger partial charge in [-0.1, -0.05) is 30.3 Å². The molecule has 0 radical (unpaired) electrons. The highest BCUT2D eigenvalue weighted by Crippen LogP contribution is 2.18. The maximum atomic E-state index is 4.34. The van der Waals surface area contributed by atoms with Crippen molar-refractivity contribution in [3.8, 4) is 0 Å². The van der Waals surface area contributed by atoms with Crippen LogP contribution < -0.4 is 5.32 Å². The van der Waals surface area contributed by atoms with Crippen molar-refractivity contribution < 1.29 is 0 Å². The van der Waals surface area contributed by atoms with Crippen LogP contribution in [0, 0.1) is 0 Å². The molecule has 3 nitrogen and oxygen atoms in total. The van der Waals surface area contributed by atoms with Crippen LogP contribution in [0.2, 0.25) is 0 Å². The number of nitrogens with zero attached hydrogens (tertiary/aromatic N) is 2. The third kappa shape index (κ3) is 2.99. The molecular weight excluding hydrogens is 222 g/mol. The molecule has 0 saturated carbocycles. The molecule has 0 aliphatic carbocycles. The van der Waals surface area contributed by atoms with Crippen molar-refractivity contribution in [2.45, 2.75) is 32.4 Å². The van der Waals surface area contributed by atoms with Crippen LogP contribution in [0.4, 0.5) is 0 Å². The average Bonchev–Trinajstić information content (AvgIpc) is 2.89. The molecule has 1 heterocycles. The van der Waals surface area contributed by atoms with E-state index in [1.54, 1.807) is 0 Å². The van der Waals surface area contributed by atoms with E-state index in [9.17, 15) is 0 Å². The van der Waals surface area contributed by atoms with Crippen molar-refractivity contribution >= 4 is 0 Å². The van der Waals surface area contributed by atoms with Gasteiger partial charge in [-0.2, -0.15) is 5.10 Å². The summed E-state index contributed by atoms with van der Waals surface area (Å²) in [5.41, 5.74) is 2.66. The monoisotopic (exact) mass is 243 g/mol. The topological polar surface area (TPSA) is 29.9 Å². The van der Waals surface area contributed by atoms with Crippen LogP contribution in [-0.2, 0) is 13.0 Å². The van der Waals surface area contributed by atoms with Gasteiger partial charge in [-0.3, -0.25) is 4.68 Å². The first-order chi connectivity index (χ1) is 8.85. The molecule has 2 rings (SSSR count). The van der Waals surface area contributed by atoms with E-state index in [-0.39, 0.29) is 0 Å². The van der Waals surface area contributed by atoms with E-state index in [1.165, 1.54) is 11.3 Å². The van der Waals surface area contributed by atoms with E-state index >= 15 is 0 Å². The largest absolute Gasteiger partial charge is 0.312 e. The smallest absolute Gasteiger partial charge is 0.0553 e. The van der Waals surface area contributed by atoms with Crippen molar-refractivity contribution in [1.29, 1.82) is 0 Å². The summed E-state index contributed by atoms with van der Waals surface area (Å²) in [6, 6.07) is 13.1. The van der Waals surface area contributed by atoms with Crippen molar-refractivity contribution in [1.82, 2.24) is 15.1 Å². The number of benzene rings is 1. The lowest BCUT2D eigenvalue weighted by atomic mass is 10.0. The van der Waals surface area contributed by atoms with Crippen LogP contribution in [0.1, 0.15) is 30.6 Å². The van der Waals surface area contributed by atoms with Crippen molar-refractivity contribution in [3.05, 3.63) is 53.9 Å². The fourth-order valence-electron chi connectivity index (χ4n) is 2.30. The fraction of sp³-hybridized carbons (Fsp3) is 0.400. The second kappa shape index (κ2) is 6.36. The Morgan fingerprint density at radius 3 is 2.67 bits per heavy atom. The van der Waals surface area contributed by atoms with Gasteiger partial charge in [-0.05, 0) is 38.4 Å². The molecule has 2 aromatic rings. The molecule has 1 atom stereocenters. The van der Waals surface area contributed by atoms with Gasteiger partial charge in [-0.25, -0.2) is 0 Å². The number of hydrogen-bond donors (Lipinski definition) is 1. The second-order valence-corrected chi connectivity index (χ2v) is 4.44. The molecule has 1 aromatic heterocycles. The molecule has 1 unspecified atom stereocenters. The molecule has 0 amide bonds. The summed E-state index contributed by atoms with van der Waals surface area (Å²) in [7, 11) is 2.02. The lowest BCUT2D eigenvalue weighted by Crippen LogP contribution is -2.20. The van der Waals surface area contributed by atoms with E-state index in [2.05, 4.69) is 58.4 Å². The van der Waals surface area contributed by atoms with E-state index in [1.807, 2.05) is 13.2 Å². The summed E-state index contributed by atoms with van der Waals surface area (Å²) in [5.74, 6) is 0. The molecular formula is C15H21N3. The summed E-state index contributed by atoms with van der Waals surface area (Å²) >= 11 is 0. The highest BCUT2D eigenvalue weighted by Gasteiger charge is 2.13. The number of hydrogen-bond acceptors (Lipinski definition) is 2. The highest BCUT2D eigenvalue weighted by atomic mass is 15.3. The van der Waals surface area contributed by atoms with Gasteiger partial charge in [0.25, 0.3) is 0 Å². The van der Waals surface area contributed by atoms with Crippen LogP contribution in [0.3, 0.4) is 0 Å². The molecule has 18 heavy (non-hydrogen) atoms. The quantitative estimate of drug-likeness (QED) is 0.845. The Balaban J connectivity index is 2.02. The Kier molecular flexibility index (Phi) is 4.53. The first-order valence-electron chi connectivity index (χ1n) is 6.58. The molecule has 0 fully saturated rings. The van der Waals surface area contributed by atoms with Gasteiger partial charge in [-0.15, -0.1) is 0 Å². The SMILES string of the molecule is CCn1nccc1C(CCc1ccccc1)NC. The van der Waals surface area contributed by atoms with Crippen LogP contribution in [0.25, 0.3) is 0 Å². The van der Waals surface area contributed by atoms with Crippen molar-refractivity contribution in [2.24, 2.45) is 0 Å². The lowest BCUT2D eigenvalue weighted by Gasteiger charge is -2.17. The van der Waals surface area contributed by atoms with Gasteiger partial charge < -0.3 is 5.32 Å². The number of nitrogens with one attached hydrogen (secondary N) is 1. The number of aryl methyl sites for hydroxylation is 2. The Morgan fingerprint density at radius 2 is 2.00 bits per heavy atom. The minimum atomic E-state index is 0.368. The van der Waals surface area contributed by atoms with Gasteiger partial charge in [0.05, 0.1) is 5.69 Å². The third-order valence-electron chi connectivity index (χ3n) is 3.32. The first kappa shape index (κ1) is 12.8. The van der Waals surface area contributed by atoms with E-state index in [4.69, 9.17) is 0 Å². The molecule has 0 spiro atoms. The normalized spacial score (nSPS) is 12.6. The molecule has 1 aromatic carbocycles. The zero-order valence-corrected chi connectivity index (χ0v) is 11.1. The van der Waals surface area contributed by atoms with Crippen LogP contribution >= 0.6 is 0 Å². The molecule has 0 aliphatic rings. The first-order valence-corrected chi connectivity index (χ1v) is 6.58. The Labute approximate surface area is 109 Å². The van der Waals surface area contributed by atoms with E-state index in [0.29, 0.717) is 6.04 Å². The molecule has 3 heteroatoms. The minimum Gasteiger partial charge on any atom is -0.312 e.